The third kappa shape index (κ3) is 2.64. The number of halogens is 3. The number of imidazole rings is 1. The van der Waals surface area contributed by atoms with Crippen LogP contribution in [0.5, 0.6) is 0 Å². The predicted molar refractivity (Wildman–Crippen MR) is 80.1 cm³/mol. The first-order valence-electron chi connectivity index (χ1n) is 6.07. The molecule has 0 aliphatic heterocycles. The van der Waals surface area contributed by atoms with Crippen molar-refractivity contribution < 1.29 is 4.39 Å². The fourth-order valence-electron chi connectivity index (χ4n) is 1.98. The molecule has 0 bridgehead atoms. The van der Waals surface area contributed by atoms with Crippen LogP contribution in [0.1, 0.15) is 5.56 Å². The number of rotatable bonds is 3. The molecule has 0 amide bonds. The van der Waals surface area contributed by atoms with Gasteiger partial charge in [0.25, 0.3) is 0 Å². The molecule has 0 saturated carbocycles. The average Bonchev–Trinajstić information content (AvgIpc) is 2.80. The fraction of sp³-hybridized carbons (Fsp3) is 0.154. The van der Waals surface area contributed by atoms with E-state index in [-0.39, 0.29) is 0 Å². The number of benzene rings is 1. The van der Waals surface area contributed by atoms with Crippen molar-refractivity contribution in [3.8, 4) is 0 Å². The van der Waals surface area contributed by atoms with E-state index in [2.05, 4.69) is 20.3 Å². The Balaban J connectivity index is 1.95. The Morgan fingerprint density at radius 3 is 2.67 bits per heavy atom. The number of fused-ring (bicyclic) bond motifs is 1. The van der Waals surface area contributed by atoms with Gasteiger partial charge in [0.1, 0.15) is 0 Å². The van der Waals surface area contributed by atoms with Crippen molar-refractivity contribution in [2.24, 2.45) is 7.05 Å². The number of hydrogen-bond acceptors (Lipinski definition) is 4. The maximum atomic E-state index is 13.5. The largest absolute Gasteiger partial charge is 0.364 e. The third-order valence-electron chi connectivity index (χ3n) is 3.03. The molecule has 5 nitrogen and oxygen atoms in total. The molecule has 2 aromatic heterocycles. The molecule has 0 aliphatic carbocycles. The summed E-state index contributed by atoms with van der Waals surface area (Å²) in [6.07, 6.45) is 0.728. The predicted octanol–water partition coefficient (Wildman–Crippen LogP) is 3.42. The zero-order chi connectivity index (χ0) is 15.0. The van der Waals surface area contributed by atoms with Crippen LogP contribution in [0.25, 0.3) is 11.2 Å². The lowest BCUT2D eigenvalue weighted by Gasteiger charge is -2.09. The molecule has 0 spiro atoms. The second-order valence-electron chi connectivity index (χ2n) is 4.42. The first kappa shape index (κ1) is 14.0. The van der Waals surface area contributed by atoms with E-state index in [1.807, 2.05) is 0 Å². The molecule has 0 radical (unpaired) electrons. The lowest BCUT2D eigenvalue weighted by molar-refractivity contribution is 0.543. The molecule has 21 heavy (non-hydrogen) atoms. The van der Waals surface area contributed by atoms with Gasteiger partial charge in [-0.15, -0.1) is 0 Å². The van der Waals surface area contributed by atoms with Gasteiger partial charge in [-0.2, -0.15) is 14.4 Å². The van der Waals surface area contributed by atoms with Gasteiger partial charge in [-0.05, 0) is 12.1 Å². The minimum Gasteiger partial charge on any atom is -0.364 e. The number of hydrogen-bond donors (Lipinski definition) is 1. The molecule has 3 aromatic rings. The SMILES string of the molecule is Cn1cnc2c(NCc3c(Cl)cccc3Cl)nc(F)nc21. The van der Waals surface area contributed by atoms with Gasteiger partial charge in [0.2, 0.25) is 0 Å². The summed E-state index contributed by atoms with van der Waals surface area (Å²) in [5.41, 5.74) is 1.61. The van der Waals surface area contributed by atoms with Crippen LogP contribution >= 0.6 is 23.2 Å². The van der Waals surface area contributed by atoms with Gasteiger partial charge in [-0.3, -0.25) is 0 Å². The second kappa shape index (κ2) is 5.46. The Labute approximate surface area is 129 Å². The molecule has 1 N–H and O–H groups in total. The van der Waals surface area contributed by atoms with Gasteiger partial charge >= 0.3 is 6.08 Å². The highest BCUT2D eigenvalue weighted by Crippen LogP contribution is 2.26. The molecule has 0 saturated heterocycles. The van der Waals surface area contributed by atoms with Crippen LogP contribution in [0.15, 0.2) is 24.5 Å². The van der Waals surface area contributed by atoms with Gasteiger partial charge in [0, 0.05) is 29.2 Å². The summed E-state index contributed by atoms with van der Waals surface area (Å²) in [6.45, 7) is 0.306. The zero-order valence-corrected chi connectivity index (χ0v) is 12.5. The maximum Gasteiger partial charge on any atom is 0.312 e. The molecule has 108 valence electrons. The van der Waals surface area contributed by atoms with Gasteiger partial charge in [0.15, 0.2) is 17.0 Å². The highest BCUT2D eigenvalue weighted by atomic mass is 35.5. The fourth-order valence-corrected chi connectivity index (χ4v) is 2.51. The van der Waals surface area contributed by atoms with E-state index in [0.717, 1.165) is 0 Å². The minimum atomic E-state index is -0.821. The van der Waals surface area contributed by atoms with Gasteiger partial charge in [-0.25, -0.2) is 4.98 Å². The van der Waals surface area contributed by atoms with Crippen molar-refractivity contribution in [2.75, 3.05) is 5.32 Å². The van der Waals surface area contributed by atoms with Gasteiger partial charge in [-0.1, -0.05) is 29.3 Å². The summed E-state index contributed by atoms with van der Waals surface area (Å²) in [5, 5.41) is 4.06. The quantitative estimate of drug-likeness (QED) is 0.749. The van der Waals surface area contributed by atoms with E-state index in [1.54, 1.807) is 36.1 Å². The monoisotopic (exact) mass is 325 g/mol. The summed E-state index contributed by atoms with van der Waals surface area (Å²) in [4.78, 5) is 11.6. The number of nitrogens with one attached hydrogen (secondary N) is 1. The van der Waals surface area contributed by atoms with Crippen LogP contribution in [0.4, 0.5) is 10.2 Å². The first-order valence-corrected chi connectivity index (χ1v) is 6.83. The van der Waals surface area contributed by atoms with Gasteiger partial charge in [0.05, 0.1) is 6.33 Å². The van der Waals surface area contributed by atoms with E-state index in [9.17, 15) is 4.39 Å². The first-order chi connectivity index (χ1) is 10.1. The van der Waals surface area contributed by atoms with Crippen molar-refractivity contribution >= 4 is 40.2 Å². The number of anilines is 1. The topological polar surface area (TPSA) is 55.6 Å². The summed E-state index contributed by atoms with van der Waals surface area (Å²) >= 11 is 12.2. The van der Waals surface area contributed by atoms with E-state index in [4.69, 9.17) is 23.2 Å². The minimum absolute atomic E-state index is 0.300. The zero-order valence-electron chi connectivity index (χ0n) is 10.9. The summed E-state index contributed by atoms with van der Waals surface area (Å²) in [5.74, 6) is 0.300. The Hall–Kier alpha value is -1.92. The second-order valence-corrected chi connectivity index (χ2v) is 5.24. The Bertz CT molecular complexity index is 797. The van der Waals surface area contributed by atoms with Crippen molar-refractivity contribution in [3.63, 3.8) is 0 Å². The Morgan fingerprint density at radius 2 is 1.95 bits per heavy atom. The van der Waals surface area contributed by atoms with Crippen molar-refractivity contribution in [1.82, 2.24) is 19.5 Å². The van der Waals surface area contributed by atoms with Crippen molar-refractivity contribution in [2.45, 2.75) is 6.54 Å². The van der Waals surface area contributed by atoms with E-state index in [0.29, 0.717) is 39.1 Å². The Morgan fingerprint density at radius 1 is 1.24 bits per heavy atom. The highest BCUT2D eigenvalue weighted by molar-refractivity contribution is 6.36. The smallest absolute Gasteiger partial charge is 0.312 e. The molecule has 1 aromatic carbocycles. The standard InChI is InChI=1S/C13H10Cl2FN5/c1-21-6-18-10-11(19-13(16)20-12(10)21)17-5-7-8(14)3-2-4-9(7)15/h2-4,6H,5H2,1H3,(H,17,19,20). The molecule has 0 fully saturated rings. The van der Waals surface area contributed by atoms with E-state index < -0.39 is 6.08 Å². The molecule has 0 unspecified atom stereocenters. The summed E-state index contributed by atoms with van der Waals surface area (Å²) in [7, 11) is 1.73. The third-order valence-corrected chi connectivity index (χ3v) is 3.73. The Kier molecular flexibility index (Phi) is 3.65. The molecule has 3 rings (SSSR count). The van der Waals surface area contributed by atoms with Crippen molar-refractivity contribution in [1.29, 1.82) is 0 Å². The molecular weight excluding hydrogens is 316 g/mol. The summed E-state index contributed by atoms with van der Waals surface area (Å²) < 4.78 is 15.1. The van der Waals surface area contributed by atoms with Crippen LogP contribution in [-0.2, 0) is 13.6 Å². The van der Waals surface area contributed by atoms with Gasteiger partial charge < -0.3 is 9.88 Å². The lowest BCUT2D eigenvalue weighted by atomic mass is 10.2. The van der Waals surface area contributed by atoms with Crippen LogP contribution in [0.3, 0.4) is 0 Å². The molecule has 8 heteroatoms. The van der Waals surface area contributed by atoms with Crippen molar-refractivity contribution in [3.05, 3.63) is 46.2 Å². The van der Waals surface area contributed by atoms with Crippen LogP contribution in [0.2, 0.25) is 10.0 Å². The molecular formula is C13H10Cl2FN5. The number of aromatic nitrogens is 4. The molecule has 0 aliphatic rings. The maximum absolute atomic E-state index is 13.5. The molecule has 2 heterocycles. The lowest BCUT2D eigenvalue weighted by Crippen LogP contribution is -2.06. The number of aryl methyl sites for hydroxylation is 1. The van der Waals surface area contributed by atoms with E-state index in [1.165, 1.54) is 0 Å². The summed E-state index contributed by atoms with van der Waals surface area (Å²) in [6, 6.07) is 5.23. The number of nitrogens with zero attached hydrogens (tertiary/aromatic N) is 4. The van der Waals surface area contributed by atoms with Crippen LogP contribution < -0.4 is 5.32 Å². The highest BCUT2D eigenvalue weighted by Gasteiger charge is 2.13. The van der Waals surface area contributed by atoms with Crippen LogP contribution in [0, 0.1) is 6.08 Å². The normalized spacial score (nSPS) is 11.0. The van der Waals surface area contributed by atoms with E-state index >= 15 is 0 Å². The average molecular weight is 326 g/mol. The molecule has 0 atom stereocenters. The van der Waals surface area contributed by atoms with Crippen LogP contribution in [-0.4, -0.2) is 19.5 Å².